The van der Waals surface area contributed by atoms with Crippen LogP contribution in [0.3, 0.4) is 0 Å². The van der Waals surface area contributed by atoms with Gasteiger partial charge in [0.1, 0.15) is 11.9 Å². The fourth-order valence-corrected chi connectivity index (χ4v) is 2.85. The minimum absolute atomic E-state index is 0.245. The summed E-state index contributed by atoms with van der Waals surface area (Å²) in [6.07, 6.45) is 2.41. The van der Waals surface area contributed by atoms with Gasteiger partial charge in [-0.2, -0.15) is 0 Å². The number of rotatable bonds is 2. The van der Waals surface area contributed by atoms with Gasteiger partial charge in [-0.15, -0.1) is 0 Å². The lowest BCUT2D eigenvalue weighted by atomic mass is 9.86. The van der Waals surface area contributed by atoms with E-state index >= 15 is 0 Å². The van der Waals surface area contributed by atoms with E-state index in [2.05, 4.69) is 6.07 Å². The van der Waals surface area contributed by atoms with Crippen LogP contribution in [0.15, 0.2) is 18.2 Å². The van der Waals surface area contributed by atoms with Gasteiger partial charge in [-0.05, 0) is 52.0 Å². The van der Waals surface area contributed by atoms with Gasteiger partial charge in [-0.3, -0.25) is 4.79 Å². The summed E-state index contributed by atoms with van der Waals surface area (Å²) in [5.74, 6) is 0.332. The molecule has 0 atom stereocenters. The summed E-state index contributed by atoms with van der Waals surface area (Å²) in [5.41, 5.74) is 2.57. The van der Waals surface area contributed by atoms with E-state index in [1.807, 2.05) is 39.8 Å². The number of ether oxygens (including phenoxy) is 1. The molecule has 120 valence electrons. The van der Waals surface area contributed by atoms with E-state index in [9.17, 15) is 9.59 Å². The van der Waals surface area contributed by atoms with Crippen molar-refractivity contribution in [3.05, 3.63) is 34.9 Å². The number of hydrogen-bond donors (Lipinski definition) is 0. The van der Waals surface area contributed by atoms with E-state index in [1.54, 1.807) is 4.90 Å². The summed E-state index contributed by atoms with van der Waals surface area (Å²) in [6, 6.07) is 5.94. The number of aryl methyl sites for hydroxylation is 1. The van der Waals surface area contributed by atoms with Gasteiger partial charge in [0.15, 0.2) is 0 Å². The standard InChI is InChI=1S/C18H25NO3/c1-13-5-6-15(12-20)16(11-13)14-7-9-19(10-8-14)17(21)22-18(2,3)4/h5-6,11-12,14H,7-10H2,1-4H3. The number of hydrogen-bond acceptors (Lipinski definition) is 3. The van der Waals surface area contributed by atoms with Crippen LogP contribution in [0, 0.1) is 6.92 Å². The second kappa shape index (κ2) is 6.51. The van der Waals surface area contributed by atoms with Gasteiger partial charge < -0.3 is 9.64 Å². The van der Waals surface area contributed by atoms with Crippen LogP contribution in [0.4, 0.5) is 4.79 Å². The third-order valence-corrected chi connectivity index (χ3v) is 3.96. The summed E-state index contributed by atoms with van der Waals surface area (Å²) >= 11 is 0. The van der Waals surface area contributed by atoms with Gasteiger partial charge in [0, 0.05) is 18.7 Å². The number of aldehydes is 1. The average Bonchev–Trinajstić information content (AvgIpc) is 2.45. The molecule has 0 N–H and O–H groups in total. The highest BCUT2D eigenvalue weighted by Crippen LogP contribution is 2.31. The molecule has 0 saturated carbocycles. The molecule has 22 heavy (non-hydrogen) atoms. The fraction of sp³-hybridized carbons (Fsp3) is 0.556. The van der Waals surface area contributed by atoms with Crippen molar-refractivity contribution in [2.45, 2.75) is 52.1 Å². The summed E-state index contributed by atoms with van der Waals surface area (Å²) in [6.45, 7) is 9.01. The van der Waals surface area contributed by atoms with E-state index in [-0.39, 0.29) is 6.09 Å². The van der Waals surface area contributed by atoms with Crippen molar-refractivity contribution in [3.8, 4) is 0 Å². The van der Waals surface area contributed by atoms with Crippen LogP contribution in [0.25, 0.3) is 0 Å². The minimum atomic E-state index is -0.463. The molecule has 4 nitrogen and oxygen atoms in total. The first-order valence-electron chi connectivity index (χ1n) is 7.84. The minimum Gasteiger partial charge on any atom is -0.444 e. The number of carbonyl (C=O) groups excluding carboxylic acids is 2. The number of benzene rings is 1. The highest BCUT2D eigenvalue weighted by molar-refractivity contribution is 5.78. The average molecular weight is 303 g/mol. The van der Waals surface area contributed by atoms with E-state index in [4.69, 9.17) is 4.74 Å². The second-order valence-electron chi connectivity index (χ2n) is 6.99. The second-order valence-corrected chi connectivity index (χ2v) is 6.99. The normalized spacial score (nSPS) is 16.5. The van der Waals surface area contributed by atoms with Crippen LogP contribution >= 0.6 is 0 Å². The monoisotopic (exact) mass is 303 g/mol. The Balaban J connectivity index is 2.02. The zero-order chi connectivity index (χ0) is 16.3. The summed E-state index contributed by atoms with van der Waals surface area (Å²) in [7, 11) is 0. The molecule has 4 heteroatoms. The lowest BCUT2D eigenvalue weighted by Gasteiger charge is -2.34. The molecule has 1 heterocycles. The van der Waals surface area contributed by atoms with Crippen LogP contribution < -0.4 is 0 Å². The smallest absolute Gasteiger partial charge is 0.410 e. The largest absolute Gasteiger partial charge is 0.444 e. The van der Waals surface area contributed by atoms with Crippen LogP contribution in [0.5, 0.6) is 0 Å². The van der Waals surface area contributed by atoms with Crippen molar-refractivity contribution in [2.75, 3.05) is 13.1 Å². The first-order valence-corrected chi connectivity index (χ1v) is 7.84. The summed E-state index contributed by atoms with van der Waals surface area (Å²) in [4.78, 5) is 25.1. The highest BCUT2D eigenvalue weighted by Gasteiger charge is 2.28. The van der Waals surface area contributed by atoms with E-state index in [0.717, 1.165) is 35.8 Å². The highest BCUT2D eigenvalue weighted by atomic mass is 16.6. The predicted molar refractivity (Wildman–Crippen MR) is 86.3 cm³/mol. The summed E-state index contributed by atoms with van der Waals surface area (Å²) in [5, 5.41) is 0. The van der Waals surface area contributed by atoms with Crippen molar-refractivity contribution in [1.82, 2.24) is 4.90 Å². The third kappa shape index (κ3) is 4.09. The fourth-order valence-electron chi connectivity index (χ4n) is 2.85. The molecule has 1 aliphatic heterocycles. The number of piperidine rings is 1. The van der Waals surface area contributed by atoms with E-state index in [1.165, 1.54) is 0 Å². The molecule has 2 rings (SSSR count). The van der Waals surface area contributed by atoms with Gasteiger partial charge in [0.25, 0.3) is 0 Å². The molecule has 0 aromatic heterocycles. The SMILES string of the molecule is Cc1ccc(C=O)c(C2CCN(C(=O)OC(C)(C)C)CC2)c1. The Hall–Kier alpha value is -1.84. The van der Waals surface area contributed by atoms with Crippen molar-refractivity contribution < 1.29 is 14.3 Å². The number of carbonyl (C=O) groups is 2. The maximum atomic E-state index is 12.1. The third-order valence-electron chi connectivity index (χ3n) is 3.96. The Morgan fingerprint density at radius 3 is 2.45 bits per heavy atom. The molecule has 0 aliphatic carbocycles. The number of amides is 1. The first-order chi connectivity index (χ1) is 10.3. The Kier molecular flexibility index (Phi) is 4.89. The molecule has 1 aliphatic rings. The zero-order valence-corrected chi connectivity index (χ0v) is 13.9. The topological polar surface area (TPSA) is 46.6 Å². The molecule has 0 bridgehead atoms. The van der Waals surface area contributed by atoms with E-state index in [0.29, 0.717) is 19.0 Å². The maximum absolute atomic E-state index is 12.1. The van der Waals surface area contributed by atoms with Gasteiger partial charge in [-0.25, -0.2) is 4.79 Å². The number of likely N-dealkylation sites (tertiary alicyclic amines) is 1. The van der Waals surface area contributed by atoms with E-state index < -0.39 is 5.60 Å². The Labute approximate surface area is 132 Å². The molecule has 1 amide bonds. The lowest BCUT2D eigenvalue weighted by molar-refractivity contribution is 0.0204. The molecule has 0 unspecified atom stereocenters. The van der Waals surface area contributed by atoms with Gasteiger partial charge in [0.05, 0.1) is 0 Å². The Morgan fingerprint density at radius 2 is 1.91 bits per heavy atom. The molecule has 1 aromatic carbocycles. The molecule has 0 radical (unpaired) electrons. The van der Waals surface area contributed by atoms with Crippen molar-refractivity contribution in [2.24, 2.45) is 0 Å². The van der Waals surface area contributed by atoms with Crippen molar-refractivity contribution in [1.29, 1.82) is 0 Å². The van der Waals surface area contributed by atoms with Crippen molar-refractivity contribution >= 4 is 12.4 Å². The zero-order valence-electron chi connectivity index (χ0n) is 13.9. The first kappa shape index (κ1) is 16.5. The van der Waals surface area contributed by atoms with Crippen LogP contribution in [0.1, 0.15) is 61.0 Å². The maximum Gasteiger partial charge on any atom is 0.410 e. The summed E-state index contributed by atoms with van der Waals surface area (Å²) < 4.78 is 5.41. The molecular weight excluding hydrogens is 278 g/mol. The predicted octanol–water partition coefficient (Wildman–Crippen LogP) is 3.92. The van der Waals surface area contributed by atoms with Gasteiger partial charge >= 0.3 is 6.09 Å². The van der Waals surface area contributed by atoms with Crippen LogP contribution in [-0.2, 0) is 4.74 Å². The lowest BCUT2D eigenvalue weighted by Crippen LogP contribution is -2.41. The van der Waals surface area contributed by atoms with Crippen LogP contribution in [0.2, 0.25) is 0 Å². The quantitative estimate of drug-likeness (QED) is 0.778. The molecule has 1 fully saturated rings. The molecular formula is C18H25NO3. The molecule has 1 aromatic rings. The Morgan fingerprint density at radius 1 is 1.27 bits per heavy atom. The van der Waals surface area contributed by atoms with Crippen molar-refractivity contribution in [3.63, 3.8) is 0 Å². The molecule has 0 spiro atoms. The van der Waals surface area contributed by atoms with Gasteiger partial charge in [0.2, 0.25) is 0 Å². The Bertz CT molecular complexity index is 552. The number of nitrogens with zero attached hydrogens (tertiary/aromatic N) is 1. The molecule has 1 saturated heterocycles. The van der Waals surface area contributed by atoms with Gasteiger partial charge in [-0.1, -0.05) is 23.8 Å². The van der Waals surface area contributed by atoms with Crippen LogP contribution in [-0.4, -0.2) is 36.0 Å².